The van der Waals surface area contributed by atoms with Crippen LogP contribution in [0.5, 0.6) is 5.75 Å². The number of hydrogen-bond donors (Lipinski definition) is 0. The lowest BCUT2D eigenvalue weighted by atomic mass is 10.0. The summed E-state index contributed by atoms with van der Waals surface area (Å²) in [5.74, 6) is 0.846. The summed E-state index contributed by atoms with van der Waals surface area (Å²) in [6.45, 7) is 2.10. The molecule has 0 radical (unpaired) electrons. The molecule has 0 aromatic heterocycles. The van der Waals surface area contributed by atoms with E-state index in [0.29, 0.717) is 0 Å². The molecule has 0 fully saturated rings. The Morgan fingerprint density at radius 2 is 1.68 bits per heavy atom. The van der Waals surface area contributed by atoms with E-state index in [1.807, 2.05) is 12.1 Å². The predicted octanol–water partition coefficient (Wildman–Crippen LogP) is 6.01. The van der Waals surface area contributed by atoms with Crippen molar-refractivity contribution in [1.29, 1.82) is 0 Å². The molecule has 0 aliphatic carbocycles. The van der Waals surface area contributed by atoms with Crippen molar-refractivity contribution in [2.75, 3.05) is 7.11 Å². The van der Waals surface area contributed by atoms with Crippen LogP contribution in [0, 0.1) is 6.92 Å². The number of benzene rings is 2. The molecule has 100 valence electrons. The quantitative estimate of drug-likeness (QED) is 0.522. The van der Waals surface area contributed by atoms with Crippen molar-refractivity contribution in [2.45, 2.75) is 11.8 Å². The summed E-state index contributed by atoms with van der Waals surface area (Å²) >= 11 is 11.0. The molecular formula is C15H13Br3O. The normalized spacial score (nSPS) is 12.3. The first-order valence-corrected chi connectivity index (χ1v) is 8.26. The van der Waals surface area contributed by atoms with Gasteiger partial charge >= 0.3 is 0 Å². The number of ether oxygens (including phenoxy) is 1. The van der Waals surface area contributed by atoms with Crippen LogP contribution in [0.25, 0.3) is 0 Å². The van der Waals surface area contributed by atoms with Crippen LogP contribution in [0.2, 0.25) is 0 Å². The van der Waals surface area contributed by atoms with E-state index in [-0.39, 0.29) is 4.83 Å². The van der Waals surface area contributed by atoms with Crippen molar-refractivity contribution in [3.05, 3.63) is 62.0 Å². The molecule has 0 amide bonds. The van der Waals surface area contributed by atoms with Gasteiger partial charge in [-0.15, -0.1) is 0 Å². The Morgan fingerprint density at radius 3 is 2.32 bits per heavy atom. The van der Waals surface area contributed by atoms with Crippen molar-refractivity contribution in [3.8, 4) is 5.75 Å². The van der Waals surface area contributed by atoms with E-state index in [9.17, 15) is 0 Å². The molecule has 19 heavy (non-hydrogen) atoms. The molecule has 0 spiro atoms. The lowest BCUT2D eigenvalue weighted by Gasteiger charge is -2.16. The van der Waals surface area contributed by atoms with E-state index >= 15 is 0 Å². The summed E-state index contributed by atoms with van der Waals surface area (Å²) in [5, 5.41) is 0. The minimum atomic E-state index is 0.127. The predicted molar refractivity (Wildman–Crippen MR) is 90.3 cm³/mol. The van der Waals surface area contributed by atoms with Gasteiger partial charge < -0.3 is 4.74 Å². The monoisotopic (exact) mass is 446 g/mol. The lowest BCUT2D eigenvalue weighted by Crippen LogP contribution is -1.96. The highest BCUT2D eigenvalue weighted by atomic mass is 79.9. The highest BCUT2D eigenvalue weighted by Gasteiger charge is 2.16. The van der Waals surface area contributed by atoms with Crippen LogP contribution >= 0.6 is 47.8 Å². The summed E-state index contributed by atoms with van der Waals surface area (Å²) in [4.78, 5) is 0.127. The van der Waals surface area contributed by atoms with E-state index in [4.69, 9.17) is 4.74 Å². The molecular weight excluding hydrogens is 436 g/mol. The van der Waals surface area contributed by atoms with Crippen LogP contribution < -0.4 is 4.74 Å². The van der Waals surface area contributed by atoms with E-state index < -0.39 is 0 Å². The molecule has 1 unspecified atom stereocenters. The standard InChI is InChI=1S/C15H13Br3O/c1-9-3-6-13(16)12(7-9)15(18)11-5-4-10(19-2)8-14(11)17/h3-8,15H,1-2H3. The van der Waals surface area contributed by atoms with Crippen LogP contribution in [-0.4, -0.2) is 7.11 Å². The lowest BCUT2D eigenvalue weighted by molar-refractivity contribution is 0.414. The van der Waals surface area contributed by atoms with Gasteiger partial charge in [-0.2, -0.15) is 0 Å². The summed E-state index contributed by atoms with van der Waals surface area (Å²) in [5.41, 5.74) is 3.63. The van der Waals surface area contributed by atoms with Gasteiger partial charge in [0.15, 0.2) is 0 Å². The first-order chi connectivity index (χ1) is 9.02. The number of rotatable bonds is 3. The minimum Gasteiger partial charge on any atom is -0.497 e. The Hall–Kier alpha value is -0.320. The van der Waals surface area contributed by atoms with Gasteiger partial charge in [-0.1, -0.05) is 71.6 Å². The molecule has 0 aliphatic rings. The highest BCUT2D eigenvalue weighted by Crippen LogP contribution is 2.40. The highest BCUT2D eigenvalue weighted by molar-refractivity contribution is 9.11. The summed E-state index contributed by atoms with van der Waals surface area (Å²) in [6.07, 6.45) is 0. The third kappa shape index (κ3) is 3.41. The Balaban J connectivity index is 2.43. The number of halogens is 3. The fourth-order valence-corrected chi connectivity index (χ4v) is 4.32. The third-order valence-electron chi connectivity index (χ3n) is 2.91. The third-order valence-corrected chi connectivity index (χ3v) is 5.30. The van der Waals surface area contributed by atoms with Crippen LogP contribution in [0.1, 0.15) is 21.5 Å². The van der Waals surface area contributed by atoms with Crippen molar-refractivity contribution >= 4 is 47.8 Å². The minimum absolute atomic E-state index is 0.127. The smallest absolute Gasteiger partial charge is 0.120 e. The second-order valence-corrected chi connectivity index (χ2v) is 6.90. The molecule has 1 nitrogen and oxygen atoms in total. The number of alkyl halides is 1. The van der Waals surface area contributed by atoms with Gasteiger partial charge in [-0.25, -0.2) is 0 Å². The van der Waals surface area contributed by atoms with E-state index in [1.165, 1.54) is 16.7 Å². The Labute approximate surface area is 138 Å². The molecule has 4 heteroatoms. The second-order valence-electron chi connectivity index (χ2n) is 4.27. The SMILES string of the molecule is COc1ccc(C(Br)c2cc(C)ccc2Br)c(Br)c1. The van der Waals surface area contributed by atoms with E-state index in [2.05, 4.69) is 79.0 Å². The van der Waals surface area contributed by atoms with E-state index in [0.717, 1.165) is 14.7 Å². The molecule has 0 heterocycles. The zero-order valence-electron chi connectivity index (χ0n) is 10.6. The van der Waals surface area contributed by atoms with Crippen molar-refractivity contribution < 1.29 is 4.74 Å². The number of methoxy groups -OCH3 is 1. The molecule has 0 N–H and O–H groups in total. The average Bonchev–Trinajstić information content (AvgIpc) is 2.40. The molecule has 0 bridgehead atoms. The van der Waals surface area contributed by atoms with Gasteiger partial charge in [0.05, 0.1) is 11.9 Å². The fourth-order valence-electron chi connectivity index (χ4n) is 1.87. The van der Waals surface area contributed by atoms with Crippen molar-refractivity contribution in [3.63, 3.8) is 0 Å². The zero-order valence-corrected chi connectivity index (χ0v) is 15.3. The Bertz CT molecular complexity index is 596. The number of aryl methyl sites for hydroxylation is 1. The van der Waals surface area contributed by atoms with Gasteiger partial charge in [0.1, 0.15) is 5.75 Å². The molecule has 0 aliphatic heterocycles. The Kier molecular flexibility index (Phi) is 5.09. The van der Waals surface area contributed by atoms with Crippen molar-refractivity contribution in [2.24, 2.45) is 0 Å². The maximum atomic E-state index is 5.22. The fraction of sp³-hybridized carbons (Fsp3) is 0.200. The van der Waals surface area contributed by atoms with Crippen LogP contribution in [0.3, 0.4) is 0 Å². The van der Waals surface area contributed by atoms with Crippen LogP contribution in [0.15, 0.2) is 45.3 Å². The Morgan fingerprint density at radius 1 is 0.947 bits per heavy atom. The topological polar surface area (TPSA) is 9.23 Å². The van der Waals surface area contributed by atoms with Gasteiger partial charge in [0.2, 0.25) is 0 Å². The molecule has 2 rings (SSSR count). The van der Waals surface area contributed by atoms with Crippen LogP contribution in [-0.2, 0) is 0 Å². The van der Waals surface area contributed by atoms with E-state index in [1.54, 1.807) is 7.11 Å². The molecule has 0 saturated heterocycles. The van der Waals surface area contributed by atoms with Gasteiger partial charge in [0.25, 0.3) is 0 Å². The second kappa shape index (κ2) is 6.42. The number of hydrogen-bond acceptors (Lipinski definition) is 1. The maximum Gasteiger partial charge on any atom is 0.120 e. The van der Waals surface area contributed by atoms with Crippen LogP contribution in [0.4, 0.5) is 0 Å². The van der Waals surface area contributed by atoms with Gasteiger partial charge in [0, 0.05) is 8.95 Å². The first kappa shape index (κ1) is 15.1. The molecule has 1 atom stereocenters. The summed E-state index contributed by atoms with van der Waals surface area (Å²) < 4.78 is 7.35. The van der Waals surface area contributed by atoms with Gasteiger partial charge in [-0.05, 0) is 36.2 Å². The summed E-state index contributed by atoms with van der Waals surface area (Å²) in [6, 6.07) is 12.4. The first-order valence-electron chi connectivity index (χ1n) is 5.76. The molecule has 0 saturated carbocycles. The maximum absolute atomic E-state index is 5.22. The average molecular weight is 449 g/mol. The zero-order chi connectivity index (χ0) is 14.0. The van der Waals surface area contributed by atoms with Crippen molar-refractivity contribution in [1.82, 2.24) is 0 Å². The summed E-state index contributed by atoms with van der Waals surface area (Å²) in [7, 11) is 1.67. The molecule has 2 aromatic rings. The van der Waals surface area contributed by atoms with Gasteiger partial charge in [-0.3, -0.25) is 0 Å². The molecule has 2 aromatic carbocycles. The largest absolute Gasteiger partial charge is 0.497 e.